The number of anilines is 2. The number of ether oxygens (including phenoxy) is 1. The van der Waals surface area contributed by atoms with Crippen LogP contribution in [0.15, 0.2) is 36.7 Å². The normalized spacial score (nSPS) is 11.2. The van der Waals surface area contributed by atoms with Gasteiger partial charge in [0.1, 0.15) is 17.3 Å². The molecular formula is C18H24N4O2. The molecule has 1 amide bonds. The molecule has 0 saturated heterocycles. The van der Waals surface area contributed by atoms with Crippen molar-refractivity contribution in [1.82, 2.24) is 15.3 Å². The second-order valence-electron chi connectivity index (χ2n) is 6.81. The van der Waals surface area contributed by atoms with Gasteiger partial charge in [0.2, 0.25) is 0 Å². The predicted molar refractivity (Wildman–Crippen MR) is 94.7 cm³/mol. The Morgan fingerprint density at radius 1 is 1.08 bits per heavy atom. The maximum absolute atomic E-state index is 12.0. The molecule has 6 heteroatoms. The second-order valence-corrected chi connectivity index (χ2v) is 6.81. The summed E-state index contributed by atoms with van der Waals surface area (Å²) in [6.07, 6.45) is 3.14. The van der Waals surface area contributed by atoms with Gasteiger partial charge in [-0.15, -0.1) is 0 Å². The van der Waals surface area contributed by atoms with Crippen molar-refractivity contribution in [2.45, 2.75) is 46.3 Å². The number of carbonyl (C=O) groups excluding carboxylic acids is 1. The van der Waals surface area contributed by atoms with Crippen molar-refractivity contribution < 1.29 is 9.53 Å². The fourth-order valence-electron chi connectivity index (χ4n) is 1.95. The summed E-state index contributed by atoms with van der Waals surface area (Å²) >= 11 is 0. The zero-order valence-corrected chi connectivity index (χ0v) is 14.8. The van der Waals surface area contributed by atoms with Crippen molar-refractivity contribution >= 4 is 17.4 Å². The van der Waals surface area contributed by atoms with E-state index >= 15 is 0 Å². The summed E-state index contributed by atoms with van der Waals surface area (Å²) < 4.78 is 5.60. The van der Waals surface area contributed by atoms with E-state index < -0.39 is 0 Å². The van der Waals surface area contributed by atoms with Gasteiger partial charge < -0.3 is 15.4 Å². The van der Waals surface area contributed by atoms with Crippen LogP contribution in [0.3, 0.4) is 0 Å². The molecule has 1 aromatic carbocycles. The van der Waals surface area contributed by atoms with Gasteiger partial charge in [0.25, 0.3) is 5.91 Å². The summed E-state index contributed by atoms with van der Waals surface area (Å²) in [5, 5.41) is 5.99. The fourth-order valence-corrected chi connectivity index (χ4v) is 1.95. The maximum Gasteiger partial charge on any atom is 0.271 e. The van der Waals surface area contributed by atoms with E-state index in [1.165, 1.54) is 12.4 Å². The molecule has 0 atom stereocenters. The standard InChI is InChI=1S/C18H24N4O2/c1-12(2)24-14-8-6-13(7-9-14)21-16-11-19-15(10-20-16)17(23)22-18(3,4)5/h6-12H,1-5H3,(H,20,21)(H,22,23). The lowest BCUT2D eigenvalue weighted by Gasteiger charge is -2.19. The quantitative estimate of drug-likeness (QED) is 0.878. The van der Waals surface area contributed by atoms with Crippen molar-refractivity contribution in [3.8, 4) is 5.75 Å². The van der Waals surface area contributed by atoms with E-state index in [1.54, 1.807) is 0 Å². The lowest BCUT2D eigenvalue weighted by Crippen LogP contribution is -2.40. The summed E-state index contributed by atoms with van der Waals surface area (Å²) in [6, 6.07) is 7.58. The van der Waals surface area contributed by atoms with Crippen LogP contribution in [0.5, 0.6) is 5.75 Å². The minimum Gasteiger partial charge on any atom is -0.491 e. The predicted octanol–water partition coefficient (Wildman–Crippen LogP) is 3.54. The van der Waals surface area contributed by atoms with Gasteiger partial charge in [-0.3, -0.25) is 4.79 Å². The first-order valence-electron chi connectivity index (χ1n) is 7.91. The third kappa shape index (κ3) is 5.53. The maximum atomic E-state index is 12.0. The van der Waals surface area contributed by atoms with Gasteiger partial charge in [-0.1, -0.05) is 0 Å². The number of carbonyl (C=O) groups is 1. The minimum atomic E-state index is -0.310. The Morgan fingerprint density at radius 2 is 1.75 bits per heavy atom. The van der Waals surface area contributed by atoms with E-state index in [1.807, 2.05) is 58.9 Å². The molecular weight excluding hydrogens is 304 g/mol. The number of nitrogens with zero attached hydrogens (tertiary/aromatic N) is 2. The number of hydrogen-bond acceptors (Lipinski definition) is 5. The molecule has 0 radical (unpaired) electrons. The Hall–Kier alpha value is -2.63. The van der Waals surface area contributed by atoms with Crippen LogP contribution in [0.1, 0.15) is 45.1 Å². The van der Waals surface area contributed by atoms with Gasteiger partial charge in [-0.2, -0.15) is 0 Å². The van der Waals surface area contributed by atoms with Crippen molar-refractivity contribution in [3.63, 3.8) is 0 Å². The molecule has 0 spiro atoms. The Kier molecular flexibility index (Phi) is 5.39. The zero-order valence-electron chi connectivity index (χ0n) is 14.8. The van der Waals surface area contributed by atoms with E-state index in [-0.39, 0.29) is 23.2 Å². The highest BCUT2D eigenvalue weighted by molar-refractivity contribution is 5.92. The van der Waals surface area contributed by atoms with Gasteiger partial charge in [-0.05, 0) is 58.9 Å². The monoisotopic (exact) mass is 328 g/mol. The van der Waals surface area contributed by atoms with Crippen LogP contribution in [0.25, 0.3) is 0 Å². The first kappa shape index (κ1) is 17.7. The molecule has 2 rings (SSSR count). The van der Waals surface area contributed by atoms with Crippen molar-refractivity contribution in [2.75, 3.05) is 5.32 Å². The molecule has 6 nitrogen and oxygen atoms in total. The molecule has 0 fully saturated rings. The second kappa shape index (κ2) is 7.29. The highest BCUT2D eigenvalue weighted by atomic mass is 16.5. The molecule has 2 N–H and O–H groups in total. The summed E-state index contributed by atoms with van der Waals surface area (Å²) in [6.45, 7) is 9.72. The summed E-state index contributed by atoms with van der Waals surface area (Å²) in [5.41, 5.74) is 0.846. The third-order valence-corrected chi connectivity index (χ3v) is 2.87. The van der Waals surface area contributed by atoms with Crippen LogP contribution in [0.2, 0.25) is 0 Å². The average molecular weight is 328 g/mol. The van der Waals surface area contributed by atoms with E-state index in [9.17, 15) is 4.79 Å². The number of rotatable bonds is 5. The van der Waals surface area contributed by atoms with Gasteiger partial charge in [0.05, 0.1) is 18.5 Å². The van der Waals surface area contributed by atoms with Crippen molar-refractivity contribution in [2.24, 2.45) is 0 Å². The average Bonchev–Trinajstić information content (AvgIpc) is 2.48. The van der Waals surface area contributed by atoms with E-state index in [2.05, 4.69) is 20.6 Å². The molecule has 0 saturated carbocycles. The van der Waals surface area contributed by atoms with Gasteiger partial charge in [0, 0.05) is 11.2 Å². The molecule has 2 aromatic rings. The number of nitrogens with one attached hydrogen (secondary N) is 2. The number of amides is 1. The minimum absolute atomic E-state index is 0.140. The van der Waals surface area contributed by atoms with Crippen molar-refractivity contribution in [3.05, 3.63) is 42.4 Å². The lowest BCUT2D eigenvalue weighted by atomic mass is 10.1. The molecule has 128 valence electrons. The zero-order chi connectivity index (χ0) is 17.7. The van der Waals surface area contributed by atoms with E-state index in [0.717, 1.165) is 11.4 Å². The van der Waals surface area contributed by atoms with E-state index in [4.69, 9.17) is 4.74 Å². The summed E-state index contributed by atoms with van der Waals surface area (Å²) in [4.78, 5) is 20.4. The lowest BCUT2D eigenvalue weighted by molar-refractivity contribution is 0.0914. The van der Waals surface area contributed by atoms with Crippen LogP contribution in [0, 0.1) is 0 Å². The van der Waals surface area contributed by atoms with Crippen LogP contribution < -0.4 is 15.4 Å². The molecule has 1 heterocycles. The first-order valence-corrected chi connectivity index (χ1v) is 7.91. The topological polar surface area (TPSA) is 76.1 Å². The van der Waals surface area contributed by atoms with Crippen LogP contribution >= 0.6 is 0 Å². The highest BCUT2D eigenvalue weighted by Gasteiger charge is 2.16. The molecule has 0 aliphatic rings. The largest absolute Gasteiger partial charge is 0.491 e. The Bertz CT molecular complexity index is 674. The van der Waals surface area contributed by atoms with E-state index in [0.29, 0.717) is 5.82 Å². The molecule has 0 aliphatic carbocycles. The Balaban J connectivity index is 2.00. The smallest absolute Gasteiger partial charge is 0.271 e. The highest BCUT2D eigenvalue weighted by Crippen LogP contribution is 2.19. The Morgan fingerprint density at radius 3 is 2.25 bits per heavy atom. The van der Waals surface area contributed by atoms with Gasteiger partial charge >= 0.3 is 0 Å². The van der Waals surface area contributed by atoms with Gasteiger partial charge in [0.15, 0.2) is 0 Å². The van der Waals surface area contributed by atoms with Crippen molar-refractivity contribution in [1.29, 1.82) is 0 Å². The molecule has 1 aromatic heterocycles. The van der Waals surface area contributed by atoms with Crippen LogP contribution in [0.4, 0.5) is 11.5 Å². The fraction of sp³-hybridized carbons (Fsp3) is 0.389. The first-order chi connectivity index (χ1) is 11.2. The van der Waals surface area contributed by atoms with Gasteiger partial charge in [-0.25, -0.2) is 9.97 Å². The molecule has 0 unspecified atom stereocenters. The summed E-state index contributed by atoms with van der Waals surface area (Å²) in [7, 11) is 0. The molecule has 24 heavy (non-hydrogen) atoms. The van der Waals surface area contributed by atoms with Crippen LogP contribution in [-0.2, 0) is 0 Å². The third-order valence-electron chi connectivity index (χ3n) is 2.87. The number of hydrogen-bond donors (Lipinski definition) is 2. The van der Waals surface area contributed by atoms with Crippen LogP contribution in [-0.4, -0.2) is 27.5 Å². The molecule has 0 aliphatic heterocycles. The molecule has 0 bridgehead atoms. The summed E-state index contributed by atoms with van der Waals surface area (Å²) in [5.74, 6) is 1.15. The SMILES string of the molecule is CC(C)Oc1ccc(Nc2cnc(C(=O)NC(C)(C)C)cn2)cc1. The number of aromatic nitrogens is 2. The number of benzene rings is 1. The Labute approximate surface area is 142 Å².